The maximum absolute atomic E-state index is 5.35. The van der Waals surface area contributed by atoms with Crippen molar-refractivity contribution in [1.82, 2.24) is 15.0 Å². The van der Waals surface area contributed by atoms with E-state index in [4.69, 9.17) is 15.0 Å². The van der Waals surface area contributed by atoms with E-state index in [0.29, 0.717) is 17.5 Å². The molecule has 2 aromatic heterocycles. The van der Waals surface area contributed by atoms with Crippen LogP contribution in [0.3, 0.4) is 0 Å². The second-order valence-electron chi connectivity index (χ2n) is 16.3. The minimum Gasteiger partial charge on any atom is -0.208 e. The molecule has 0 amide bonds. The standard InChI is InChI=1S/C56H37N3S/c1-56(2)48-28-11-10-23-42(48)46-32-37(29-30-49(46)56)40-25-14-27-45-51-43-24-9-8-22-41(43)47(33-50(51)60-52(40)45)55-58-53(38-20-12-19-36(31-38)34-15-4-3-5-16-34)57-54(59-55)44-26-13-18-35-17-6-7-21-39(35)44/h3-33H,1-2H3. The van der Waals surface area contributed by atoms with Crippen LogP contribution in [-0.2, 0) is 5.41 Å². The molecule has 60 heavy (non-hydrogen) atoms. The first-order chi connectivity index (χ1) is 29.5. The predicted molar refractivity (Wildman–Crippen MR) is 252 cm³/mol. The minimum atomic E-state index is -0.0313. The van der Waals surface area contributed by atoms with Crippen molar-refractivity contribution in [3.05, 3.63) is 199 Å². The van der Waals surface area contributed by atoms with Crippen LogP contribution in [0.5, 0.6) is 0 Å². The summed E-state index contributed by atoms with van der Waals surface area (Å²) in [4.78, 5) is 15.9. The number of thiophene rings is 1. The Bertz CT molecular complexity index is 3520. The van der Waals surface area contributed by atoms with Crippen molar-refractivity contribution in [2.45, 2.75) is 19.3 Å². The van der Waals surface area contributed by atoms with Gasteiger partial charge >= 0.3 is 0 Å². The lowest BCUT2D eigenvalue weighted by Crippen LogP contribution is -2.14. The molecule has 0 N–H and O–H groups in total. The third kappa shape index (κ3) is 5.38. The average Bonchev–Trinajstić information content (AvgIpc) is 3.80. The predicted octanol–water partition coefficient (Wildman–Crippen LogP) is 15.2. The fourth-order valence-corrected chi connectivity index (χ4v) is 10.9. The number of hydrogen-bond acceptors (Lipinski definition) is 4. The molecule has 0 unspecified atom stereocenters. The van der Waals surface area contributed by atoms with Gasteiger partial charge in [-0.1, -0.05) is 184 Å². The van der Waals surface area contributed by atoms with E-state index >= 15 is 0 Å². The minimum absolute atomic E-state index is 0.0313. The molecule has 0 bridgehead atoms. The highest BCUT2D eigenvalue weighted by molar-refractivity contribution is 7.26. The maximum Gasteiger partial charge on any atom is 0.164 e. The van der Waals surface area contributed by atoms with Gasteiger partial charge in [-0.2, -0.15) is 0 Å². The smallest absolute Gasteiger partial charge is 0.164 e. The summed E-state index contributed by atoms with van der Waals surface area (Å²) in [5, 5.41) is 7.10. The van der Waals surface area contributed by atoms with Gasteiger partial charge < -0.3 is 0 Å². The van der Waals surface area contributed by atoms with Gasteiger partial charge in [0.2, 0.25) is 0 Å². The highest BCUT2D eigenvalue weighted by atomic mass is 32.1. The molecule has 0 atom stereocenters. The number of nitrogens with zero attached hydrogens (tertiary/aromatic N) is 3. The molecule has 0 aliphatic heterocycles. The lowest BCUT2D eigenvalue weighted by molar-refractivity contribution is 0.660. The first kappa shape index (κ1) is 34.7. The van der Waals surface area contributed by atoms with E-state index in [0.717, 1.165) is 44.0 Å². The van der Waals surface area contributed by atoms with Crippen LogP contribution >= 0.6 is 11.3 Å². The Balaban J connectivity index is 1.08. The summed E-state index contributed by atoms with van der Waals surface area (Å²) in [5.41, 5.74) is 13.1. The van der Waals surface area contributed by atoms with Crippen molar-refractivity contribution in [2.75, 3.05) is 0 Å². The first-order valence-corrected chi connectivity index (χ1v) is 21.3. The Hall–Kier alpha value is -7.27. The fraction of sp³-hybridized carbons (Fsp3) is 0.0536. The van der Waals surface area contributed by atoms with Crippen molar-refractivity contribution < 1.29 is 0 Å². The molecule has 11 aromatic rings. The molecular weight excluding hydrogens is 747 g/mol. The van der Waals surface area contributed by atoms with E-state index in [9.17, 15) is 0 Å². The molecule has 3 nitrogen and oxygen atoms in total. The fourth-order valence-electron chi connectivity index (χ4n) is 9.60. The van der Waals surface area contributed by atoms with Crippen LogP contribution in [0, 0.1) is 0 Å². The monoisotopic (exact) mass is 783 g/mol. The average molecular weight is 784 g/mol. The van der Waals surface area contributed by atoms with E-state index in [1.165, 1.54) is 58.9 Å². The van der Waals surface area contributed by atoms with Crippen molar-refractivity contribution >= 4 is 53.1 Å². The first-order valence-electron chi connectivity index (χ1n) is 20.5. The summed E-state index contributed by atoms with van der Waals surface area (Å²) >= 11 is 1.86. The Labute approximate surface area is 352 Å². The maximum atomic E-state index is 5.35. The molecule has 1 aliphatic carbocycles. The molecule has 2 heterocycles. The summed E-state index contributed by atoms with van der Waals surface area (Å²) in [5.74, 6) is 1.95. The molecule has 9 aromatic carbocycles. The van der Waals surface area contributed by atoms with Crippen LogP contribution in [0.4, 0.5) is 0 Å². The second kappa shape index (κ2) is 13.4. The van der Waals surface area contributed by atoms with E-state index in [2.05, 4.69) is 196 Å². The van der Waals surface area contributed by atoms with E-state index in [1.54, 1.807) is 0 Å². The topological polar surface area (TPSA) is 38.7 Å². The highest BCUT2D eigenvalue weighted by Gasteiger charge is 2.35. The Morgan fingerprint density at radius 3 is 1.85 bits per heavy atom. The van der Waals surface area contributed by atoms with Crippen molar-refractivity contribution in [1.29, 1.82) is 0 Å². The molecule has 12 rings (SSSR count). The molecule has 0 radical (unpaired) electrons. The van der Waals surface area contributed by atoms with Gasteiger partial charge in [-0.3, -0.25) is 0 Å². The third-order valence-corrected chi connectivity index (χ3v) is 13.7. The van der Waals surface area contributed by atoms with Crippen LogP contribution in [0.15, 0.2) is 188 Å². The Morgan fingerprint density at radius 2 is 0.967 bits per heavy atom. The van der Waals surface area contributed by atoms with Crippen LogP contribution in [0.1, 0.15) is 25.0 Å². The lowest BCUT2D eigenvalue weighted by atomic mass is 9.82. The van der Waals surface area contributed by atoms with Gasteiger partial charge in [-0.25, -0.2) is 15.0 Å². The van der Waals surface area contributed by atoms with Crippen LogP contribution in [-0.4, -0.2) is 15.0 Å². The quantitative estimate of drug-likeness (QED) is 0.174. The SMILES string of the molecule is CC1(C)c2ccccc2-c2cc(-c3cccc4c3sc3cc(-c5nc(-c6cccc(-c7ccccc7)c6)nc(-c6cccc7ccccc67)n5)c5ccccc5c34)ccc21. The number of rotatable bonds is 5. The molecule has 1 aliphatic rings. The molecule has 0 fully saturated rings. The van der Waals surface area contributed by atoms with Gasteiger partial charge in [0.1, 0.15) is 0 Å². The van der Waals surface area contributed by atoms with Crippen molar-refractivity contribution in [2.24, 2.45) is 0 Å². The summed E-state index contributed by atoms with van der Waals surface area (Å²) < 4.78 is 2.49. The Morgan fingerprint density at radius 1 is 0.367 bits per heavy atom. The number of hydrogen-bond donors (Lipinski definition) is 0. The van der Waals surface area contributed by atoms with Gasteiger partial charge in [0.15, 0.2) is 17.5 Å². The molecule has 0 spiro atoms. The zero-order chi connectivity index (χ0) is 40.0. The van der Waals surface area contributed by atoms with Crippen LogP contribution in [0.25, 0.3) is 109 Å². The van der Waals surface area contributed by atoms with E-state index in [1.807, 2.05) is 17.4 Å². The molecule has 0 saturated carbocycles. The Kier molecular flexibility index (Phi) is 7.75. The van der Waals surface area contributed by atoms with E-state index < -0.39 is 0 Å². The van der Waals surface area contributed by atoms with Gasteiger partial charge in [-0.05, 0) is 84.3 Å². The number of benzene rings is 9. The zero-order valence-corrected chi connectivity index (χ0v) is 34.0. The molecular formula is C56H37N3S. The van der Waals surface area contributed by atoms with Crippen LogP contribution < -0.4 is 0 Å². The van der Waals surface area contributed by atoms with Gasteiger partial charge in [0.05, 0.1) is 0 Å². The summed E-state index contributed by atoms with van der Waals surface area (Å²) in [7, 11) is 0. The highest BCUT2D eigenvalue weighted by Crippen LogP contribution is 2.51. The van der Waals surface area contributed by atoms with Gasteiger partial charge in [-0.15, -0.1) is 11.3 Å². The van der Waals surface area contributed by atoms with Crippen molar-refractivity contribution in [3.63, 3.8) is 0 Å². The lowest BCUT2D eigenvalue weighted by Gasteiger charge is -2.21. The number of fused-ring (bicyclic) bond motifs is 9. The van der Waals surface area contributed by atoms with Crippen molar-refractivity contribution in [3.8, 4) is 67.5 Å². The number of aromatic nitrogens is 3. The molecule has 4 heteroatoms. The van der Waals surface area contributed by atoms with Gasteiger partial charge in [0, 0.05) is 42.3 Å². The molecule has 282 valence electrons. The third-order valence-electron chi connectivity index (χ3n) is 12.5. The zero-order valence-electron chi connectivity index (χ0n) is 33.1. The molecule has 0 saturated heterocycles. The summed E-state index contributed by atoms with van der Waals surface area (Å²) in [6.07, 6.45) is 0. The van der Waals surface area contributed by atoms with E-state index in [-0.39, 0.29) is 5.41 Å². The summed E-state index contributed by atoms with van der Waals surface area (Å²) in [6, 6.07) is 67.6. The van der Waals surface area contributed by atoms with Crippen LogP contribution in [0.2, 0.25) is 0 Å². The normalized spacial score (nSPS) is 13.0. The summed E-state index contributed by atoms with van der Waals surface area (Å²) in [6.45, 7) is 4.68. The van der Waals surface area contributed by atoms with Gasteiger partial charge in [0.25, 0.3) is 0 Å². The largest absolute Gasteiger partial charge is 0.208 e. The second-order valence-corrected chi connectivity index (χ2v) is 17.4.